The van der Waals surface area contributed by atoms with Gasteiger partial charge in [-0.05, 0) is 6.92 Å². The molecule has 1 heterocycles. The van der Waals surface area contributed by atoms with E-state index in [4.69, 9.17) is 4.74 Å². The highest BCUT2D eigenvalue weighted by Crippen LogP contribution is 2.18. The second-order valence-electron chi connectivity index (χ2n) is 2.03. The number of rotatable bonds is 1. The number of halogens is 1. The van der Waals surface area contributed by atoms with Crippen molar-refractivity contribution >= 4 is 0 Å². The summed E-state index contributed by atoms with van der Waals surface area (Å²) in [5.74, 6) is -0.206. The molecule has 0 saturated heterocycles. The lowest BCUT2D eigenvalue weighted by Gasteiger charge is -1.93. The fraction of sp³-hybridized carbons (Fsp3) is 0.500. The van der Waals surface area contributed by atoms with Gasteiger partial charge in [0.1, 0.15) is 5.69 Å². The molecule has 0 radical (unpaired) electrons. The number of aryl methyl sites for hydroxylation is 2. The first kappa shape index (κ1) is 7.05. The quantitative estimate of drug-likeness (QED) is 0.585. The molecular weight excluding hydrogens is 135 g/mol. The van der Waals surface area contributed by atoms with E-state index in [2.05, 4.69) is 5.10 Å². The van der Waals surface area contributed by atoms with Gasteiger partial charge < -0.3 is 4.74 Å². The van der Waals surface area contributed by atoms with Gasteiger partial charge in [-0.3, -0.25) is 0 Å². The van der Waals surface area contributed by atoms with Crippen LogP contribution in [0.15, 0.2) is 0 Å². The minimum absolute atomic E-state index is 0.225. The van der Waals surface area contributed by atoms with Crippen molar-refractivity contribution < 1.29 is 9.13 Å². The fourth-order valence-electron chi connectivity index (χ4n) is 0.842. The Morgan fingerprint density at radius 3 is 2.40 bits per heavy atom. The van der Waals surface area contributed by atoms with E-state index in [0.717, 1.165) is 4.68 Å². The van der Waals surface area contributed by atoms with Crippen molar-refractivity contribution in [2.75, 3.05) is 7.11 Å². The number of aromatic nitrogens is 2. The molecule has 0 amide bonds. The van der Waals surface area contributed by atoms with Gasteiger partial charge in [-0.25, -0.2) is 4.68 Å². The maximum atomic E-state index is 12.8. The molecule has 4 heteroatoms. The Hall–Kier alpha value is -1.06. The fourth-order valence-corrected chi connectivity index (χ4v) is 0.842. The largest absolute Gasteiger partial charge is 0.490 e. The Bertz CT molecular complexity index is 244. The van der Waals surface area contributed by atoms with E-state index in [1.807, 2.05) is 0 Å². The average molecular weight is 144 g/mol. The molecule has 3 nitrogen and oxygen atoms in total. The Balaban J connectivity index is 3.20. The Morgan fingerprint density at radius 2 is 2.20 bits per heavy atom. The monoisotopic (exact) mass is 144 g/mol. The van der Waals surface area contributed by atoms with Gasteiger partial charge in [0, 0.05) is 7.05 Å². The number of nitrogens with zero attached hydrogens (tertiary/aromatic N) is 2. The van der Waals surface area contributed by atoms with Crippen molar-refractivity contribution in [3.63, 3.8) is 0 Å². The van der Waals surface area contributed by atoms with E-state index in [0.29, 0.717) is 5.69 Å². The summed E-state index contributed by atoms with van der Waals surface area (Å²) in [4.78, 5) is 0. The number of methoxy groups -OCH3 is 1. The summed E-state index contributed by atoms with van der Waals surface area (Å²) in [6.07, 6.45) is 0. The van der Waals surface area contributed by atoms with Crippen LogP contribution in [0.3, 0.4) is 0 Å². The van der Waals surface area contributed by atoms with Gasteiger partial charge in [-0.15, -0.1) is 0 Å². The summed E-state index contributed by atoms with van der Waals surface area (Å²) in [6, 6.07) is 0. The van der Waals surface area contributed by atoms with Crippen LogP contribution in [0, 0.1) is 12.9 Å². The molecule has 1 aromatic rings. The van der Waals surface area contributed by atoms with Crippen LogP contribution in [0.25, 0.3) is 0 Å². The summed E-state index contributed by atoms with van der Waals surface area (Å²) in [7, 11) is 2.96. The third kappa shape index (κ3) is 0.853. The highest BCUT2D eigenvalue weighted by Gasteiger charge is 2.11. The molecule has 0 atom stereocenters. The van der Waals surface area contributed by atoms with E-state index in [1.54, 1.807) is 6.92 Å². The Morgan fingerprint density at radius 1 is 1.60 bits per heavy atom. The molecule has 56 valence electrons. The van der Waals surface area contributed by atoms with Crippen molar-refractivity contribution in [1.82, 2.24) is 9.78 Å². The van der Waals surface area contributed by atoms with Gasteiger partial charge in [0.25, 0.3) is 5.95 Å². The first-order chi connectivity index (χ1) is 4.66. The van der Waals surface area contributed by atoms with Gasteiger partial charge in [-0.1, -0.05) is 0 Å². The maximum absolute atomic E-state index is 12.8. The lowest BCUT2D eigenvalue weighted by atomic mass is 10.4. The van der Waals surface area contributed by atoms with E-state index >= 15 is 0 Å². The molecule has 0 N–H and O–H groups in total. The smallest absolute Gasteiger partial charge is 0.253 e. The summed E-state index contributed by atoms with van der Waals surface area (Å²) < 4.78 is 18.7. The predicted molar refractivity (Wildman–Crippen MR) is 34.5 cm³/mol. The highest BCUT2D eigenvalue weighted by atomic mass is 19.1. The topological polar surface area (TPSA) is 27.1 Å². The molecule has 0 aromatic carbocycles. The molecular formula is C6H9FN2O. The van der Waals surface area contributed by atoms with E-state index in [9.17, 15) is 4.39 Å². The van der Waals surface area contributed by atoms with E-state index in [1.165, 1.54) is 14.2 Å². The zero-order valence-electron chi connectivity index (χ0n) is 6.18. The molecule has 0 bridgehead atoms. The summed E-state index contributed by atoms with van der Waals surface area (Å²) in [6.45, 7) is 1.70. The van der Waals surface area contributed by atoms with Crippen LogP contribution in [-0.2, 0) is 7.05 Å². The van der Waals surface area contributed by atoms with Gasteiger partial charge in [0.2, 0.25) is 0 Å². The normalized spacial score (nSPS) is 10.0. The predicted octanol–water partition coefficient (Wildman–Crippen LogP) is 0.876. The van der Waals surface area contributed by atoms with Crippen molar-refractivity contribution in [3.8, 4) is 5.75 Å². The van der Waals surface area contributed by atoms with Gasteiger partial charge in [0.05, 0.1) is 7.11 Å². The molecule has 0 aliphatic heterocycles. The van der Waals surface area contributed by atoms with Crippen molar-refractivity contribution in [2.24, 2.45) is 7.05 Å². The molecule has 0 fully saturated rings. The molecule has 0 unspecified atom stereocenters. The molecule has 0 saturated carbocycles. The average Bonchev–Trinajstić information content (AvgIpc) is 2.09. The number of hydrogen-bond donors (Lipinski definition) is 0. The summed E-state index contributed by atoms with van der Waals surface area (Å²) >= 11 is 0. The summed E-state index contributed by atoms with van der Waals surface area (Å²) in [5.41, 5.74) is 0.572. The lowest BCUT2D eigenvalue weighted by Crippen LogP contribution is -1.94. The summed E-state index contributed by atoms with van der Waals surface area (Å²) in [5, 5.41) is 3.80. The second kappa shape index (κ2) is 2.28. The number of ether oxygens (including phenoxy) is 1. The van der Waals surface area contributed by atoms with Gasteiger partial charge in [-0.2, -0.15) is 9.49 Å². The third-order valence-electron chi connectivity index (χ3n) is 1.30. The van der Waals surface area contributed by atoms with Crippen molar-refractivity contribution in [2.45, 2.75) is 6.92 Å². The van der Waals surface area contributed by atoms with Crippen LogP contribution < -0.4 is 4.74 Å². The first-order valence-corrected chi connectivity index (χ1v) is 2.90. The van der Waals surface area contributed by atoms with E-state index < -0.39 is 5.95 Å². The van der Waals surface area contributed by atoms with Crippen LogP contribution in [-0.4, -0.2) is 16.9 Å². The van der Waals surface area contributed by atoms with Crippen LogP contribution in [0.4, 0.5) is 4.39 Å². The minimum atomic E-state index is -0.431. The molecule has 1 aromatic heterocycles. The maximum Gasteiger partial charge on any atom is 0.253 e. The van der Waals surface area contributed by atoms with E-state index in [-0.39, 0.29) is 5.75 Å². The van der Waals surface area contributed by atoms with Crippen LogP contribution in [0.5, 0.6) is 5.75 Å². The van der Waals surface area contributed by atoms with Gasteiger partial charge in [0.15, 0.2) is 5.75 Å². The van der Waals surface area contributed by atoms with Crippen molar-refractivity contribution in [3.05, 3.63) is 11.6 Å². The standard InChI is InChI=1S/C6H9FN2O/c1-4-5(10-3)6(7)9(2)8-4/h1-3H3. The Kier molecular flexibility index (Phi) is 1.61. The molecule has 0 spiro atoms. The first-order valence-electron chi connectivity index (χ1n) is 2.90. The lowest BCUT2D eigenvalue weighted by molar-refractivity contribution is 0.372. The Labute approximate surface area is 58.4 Å². The van der Waals surface area contributed by atoms with Crippen LogP contribution in [0.1, 0.15) is 5.69 Å². The van der Waals surface area contributed by atoms with Crippen LogP contribution >= 0.6 is 0 Å². The number of hydrogen-bond acceptors (Lipinski definition) is 2. The molecule has 1 rings (SSSR count). The van der Waals surface area contributed by atoms with Crippen LogP contribution in [0.2, 0.25) is 0 Å². The molecule has 0 aliphatic carbocycles. The molecule has 10 heavy (non-hydrogen) atoms. The zero-order valence-corrected chi connectivity index (χ0v) is 6.18. The highest BCUT2D eigenvalue weighted by molar-refractivity contribution is 5.24. The second-order valence-corrected chi connectivity index (χ2v) is 2.03. The van der Waals surface area contributed by atoms with Crippen molar-refractivity contribution in [1.29, 1.82) is 0 Å². The SMILES string of the molecule is COc1c(C)nn(C)c1F. The third-order valence-corrected chi connectivity index (χ3v) is 1.30. The zero-order chi connectivity index (χ0) is 7.72. The van der Waals surface area contributed by atoms with Gasteiger partial charge >= 0.3 is 0 Å². The minimum Gasteiger partial charge on any atom is -0.490 e. The molecule has 0 aliphatic rings.